The molecule has 2 heterocycles. The molecule has 0 spiro atoms. The third-order valence-electron chi connectivity index (χ3n) is 1.87. The van der Waals surface area contributed by atoms with Gasteiger partial charge in [-0.25, -0.2) is 9.97 Å². The molecule has 0 saturated heterocycles. The van der Waals surface area contributed by atoms with Crippen LogP contribution in [-0.2, 0) is 6.54 Å². The largest absolute Gasteiger partial charge is 0.353 e. The zero-order valence-electron chi connectivity index (χ0n) is 9.49. The van der Waals surface area contributed by atoms with Crippen LogP contribution in [0, 0.1) is 0 Å². The van der Waals surface area contributed by atoms with Gasteiger partial charge >= 0.3 is 0 Å². The molecule has 0 bridgehead atoms. The summed E-state index contributed by atoms with van der Waals surface area (Å²) in [4.78, 5) is 10.3. The Hall–Kier alpha value is -1.25. The predicted octanol–water partition coefficient (Wildman–Crippen LogP) is 1.00. The first-order valence-corrected chi connectivity index (χ1v) is 6.52. The molecule has 0 aliphatic heterocycles. The highest BCUT2D eigenvalue weighted by Gasteiger charge is 2.08. The molecule has 17 heavy (non-hydrogen) atoms. The van der Waals surface area contributed by atoms with E-state index in [1.165, 1.54) is 23.1 Å². The van der Waals surface area contributed by atoms with Crippen LogP contribution in [-0.4, -0.2) is 34.3 Å². The van der Waals surface area contributed by atoms with Gasteiger partial charge in [-0.1, -0.05) is 11.3 Å². The average Bonchev–Trinajstić information content (AvgIpc) is 2.79. The minimum Gasteiger partial charge on any atom is -0.353 e. The Morgan fingerprint density at radius 2 is 2.00 bits per heavy atom. The number of nitrogens with two attached hydrogens (primary N) is 1. The van der Waals surface area contributed by atoms with E-state index < -0.39 is 0 Å². The SMILES string of the molecule is CN(C)c1nnc(Sc2ncc(CN)cn2)s1. The van der Waals surface area contributed by atoms with Gasteiger partial charge in [0.15, 0.2) is 9.50 Å². The van der Waals surface area contributed by atoms with Gasteiger partial charge in [-0.2, -0.15) is 0 Å². The second-order valence-electron chi connectivity index (χ2n) is 3.43. The highest BCUT2D eigenvalue weighted by Crippen LogP contribution is 2.30. The van der Waals surface area contributed by atoms with Crippen molar-refractivity contribution in [2.75, 3.05) is 19.0 Å². The van der Waals surface area contributed by atoms with E-state index in [1.807, 2.05) is 19.0 Å². The van der Waals surface area contributed by atoms with Gasteiger partial charge in [-0.05, 0) is 11.8 Å². The second-order valence-corrected chi connectivity index (χ2v) is 5.60. The molecule has 0 saturated carbocycles. The number of aromatic nitrogens is 4. The molecule has 0 atom stereocenters. The van der Waals surface area contributed by atoms with Gasteiger partial charge in [0.1, 0.15) is 0 Å². The lowest BCUT2D eigenvalue weighted by Crippen LogP contribution is -2.07. The van der Waals surface area contributed by atoms with Gasteiger partial charge in [0, 0.05) is 38.6 Å². The highest BCUT2D eigenvalue weighted by molar-refractivity contribution is 8.00. The lowest BCUT2D eigenvalue weighted by molar-refractivity contribution is 0.908. The van der Waals surface area contributed by atoms with E-state index in [9.17, 15) is 0 Å². The maximum Gasteiger partial charge on any atom is 0.208 e. The monoisotopic (exact) mass is 268 g/mol. The van der Waals surface area contributed by atoms with E-state index in [4.69, 9.17) is 5.73 Å². The molecule has 2 rings (SSSR count). The Bertz CT molecular complexity index is 480. The minimum absolute atomic E-state index is 0.453. The van der Waals surface area contributed by atoms with Gasteiger partial charge in [-0.15, -0.1) is 10.2 Å². The molecule has 8 heteroatoms. The van der Waals surface area contributed by atoms with Crippen LogP contribution in [0.4, 0.5) is 5.13 Å². The van der Waals surface area contributed by atoms with Crippen molar-refractivity contribution < 1.29 is 0 Å². The molecule has 90 valence electrons. The van der Waals surface area contributed by atoms with Crippen LogP contribution in [0.3, 0.4) is 0 Å². The molecule has 2 aromatic rings. The van der Waals surface area contributed by atoms with Crippen molar-refractivity contribution in [1.29, 1.82) is 0 Å². The summed E-state index contributed by atoms with van der Waals surface area (Å²) < 4.78 is 0.828. The fraction of sp³-hybridized carbons (Fsp3) is 0.333. The molecule has 2 N–H and O–H groups in total. The maximum absolute atomic E-state index is 5.48. The molecule has 0 aromatic carbocycles. The highest BCUT2D eigenvalue weighted by atomic mass is 32.2. The summed E-state index contributed by atoms with van der Waals surface area (Å²) in [7, 11) is 3.86. The molecule has 2 aromatic heterocycles. The molecular formula is C9H12N6S2. The van der Waals surface area contributed by atoms with E-state index in [2.05, 4.69) is 20.2 Å². The lowest BCUT2D eigenvalue weighted by Gasteiger charge is -2.03. The van der Waals surface area contributed by atoms with Crippen molar-refractivity contribution in [3.63, 3.8) is 0 Å². The molecule has 0 aliphatic rings. The molecule has 0 unspecified atom stereocenters. The normalized spacial score (nSPS) is 10.5. The van der Waals surface area contributed by atoms with Crippen LogP contribution in [0.25, 0.3) is 0 Å². The van der Waals surface area contributed by atoms with E-state index >= 15 is 0 Å². The minimum atomic E-state index is 0.453. The standard InChI is InChI=1S/C9H12N6S2/c1-15(2)8-13-14-9(17-8)16-7-11-4-6(3-10)5-12-7/h4-5H,3,10H2,1-2H3. The summed E-state index contributed by atoms with van der Waals surface area (Å²) in [5.41, 5.74) is 6.39. The van der Waals surface area contributed by atoms with Crippen LogP contribution < -0.4 is 10.6 Å². The zero-order chi connectivity index (χ0) is 12.3. The molecule has 0 radical (unpaired) electrons. The smallest absolute Gasteiger partial charge is 0.208 e. The van der Waals surface area contributed by atoms with E-state index in [1.54, 1.807) is 12.4 Å². The summed E-state index contributed by atoms with van der Waals surface area (Å²) in [6.07, 6.45) is 3.45. The van der Waals surface area contributed by atoms with E-state index in [-0.39, 0.29) is 0 Å². The Labute approximate surface area is 107 Å². The topological polar surface area (TPSA) is 80.8 Å². The van der Waals surface area contributed by atoms with Crippen molar-refractivity contribution in [3.05, 3.63) is 18.0 Å². The van der Waals surface area contributed by atoms with Crippen molar-refractivity contribution in [2.45, 2.75) is 16.0 Å². The number of hydrogen-bond donors (Lipinski definition) is 1. The average molecular weight is 268 g/mol. The molecule has 0 fully saturated rings. The number of hydrogen-bond acceptors (Lipinski definition) is 8. The summed E-state index contributed by atoms with van der Waals surface area (Å²) in [5.74, 6) is 0. The Morgan fingerprint density at radius 1 is 1.29 bits per heavy atom. The Balaban J connectivity index is 2.08. The maximum atomic E-state index is 5.48. The molecule has 0 amide bonds. The predicted molar refractivity (Wildman–Crippen MR) is 68.3 cm³/mol. The summed E-state index contributed by atoms with van der Waals surface area (Å²) >= 11 is 2.91. The van der Waals surface area contributed by atoms with Crippen molar-refractivity contribution in [1.82, 2.24) is 20.2 Å². The van der Waals surface area contributed by atoms with Gasteiger partial charge in [-0.3, -0.25) is 0 Å². The first kappa shape index (κ1) is 12.2. The third kappa shape index (κ3) is 3.11. The van der Waals surface area contributed by atoms with Crippen molar-refractivity contribution in [3.8, 4) is 0 Å². The third-order valence-corrected chi connectivity index (χ3v) is 3.91. The van der Waals surface area contributed by atoms with E-state index in [0.29, 0.717) is 11.7 Å². The van der Waals surface area contributed by atoms with Crippen LogP contribution >= 0.6 is 23.1 Å². The number of anilines is 1. The summed E-state index contributed by atoms with van der Waals surface area (Å²) in [5, 5.41) is 9.63. The van der Waals surface area contributed by atoms with Crippen LogP contribution in [0.2, 0.25) is 0 Å². The van der Waals surface area contributed by atoms with Gasteiger partial charge in [0.25, 0.3) is 0 Å². The van der Waals surface area contributed by atoms with Crippen molar-refractivity contribution in [2.24, 2.45) is 5.73 Å². The van der Waals surface area contributed by atoms with Crippen LogP contribution in [0.5, 0.6) is 0 Å². The Morgan fingerprint density at radius 3 is 2.53 bits per heavy atom. The van der Waals surface area contributed by atoms with Crippen LogP contribution in [0.1, 0.15) is 5.56 Å². The van der Waals surface area contributed by atoms with Gasteiger partial charge in [0.05, 0.1) is 0 Å². The fourth-order valence-electron chi connectivity index (χ4n) is 1.00. The number of nitrogens with zero attached hydrogens (tertiary/aromatic N) is 5. The summed E-state index contributed by atoms with van der Waals surface area (Å²) in [6, 6.07) is 0. The Kier molecular flexibility index (Phi) is 3.87. The summed E-state index contributed by atoms with van der Waals surface area (Å²) in [6.45, 7) is 0.453. The van der Waals surface area contributed by atoms with Gasteiger partial charge < -0.3 is 10.6 Å². The second kappa shape index (κ2) is 5.39. The first-order valence-electron chi connectivity index (χ1n) is 4.88. The first-order chi connectivity index (χ1) is 8.19. The lowest BCUT2D eigenvalue weighted by atomic mass is 10.4. The zero-order valence-corrected chi connectivity index (χ0v) is 11.1. The molecule has 0 aliphatic carbocycles. The molecule has 6 nitrogen and oxygen atoms in total. The van der Waals surface area contributed by atoms with Crippen molar-refractivity contribution >= 4 is 28.2 Å². The number of rotatable bonds is 4. The fourth-order valence-corrected chi connectivity index (χ4v) is 2.57. The van der Waals surface area contributed by atoms with Crippen LogP contribution in [0.15, 0.2) is 21.9 Å². The van der Waals surface area contributed by atoms with E-state index in [0.717, 1.165) is 15.0 Å². The quantitative estimate of drug-likeness (QED) is 0.828. The molecular weight excluding hydrogens is 256 g/mol. The van der Waals surface area contributed by atoms with Gasteiger partial charge in [0.2, 0.25) is 5.13 Å².